The Balaban J connectivity index is 2.94. The van der Waals surface area contributed by atoms with E-state index >= 15 is 0 Å². The van der Waals surface area contributed by atoms with Crippen LogP contribution in [0.4, 0.5) is 4.39 Å². The third-order valence-electron chi connectivity index (χ3n) is 2.96. The fourth-order valence-electron chi connectivity index (χ4n) is 1.76. The molecule has 0 aromatic heterocycles. The summed E-state index contributed by atoms with van der Waals surface area (Å²) in [7, 11) is 0. The fraction of sp³-hybridized carbons (Fsp3) is 0.500. The molecule has 0 aliphatic rings. The summed E-state index contributed by atoms with van der Waals surface area (Å²) in [6.07, 6.45) is 0. The topological polar surface area (TPSA) is 52.0 Å². The maximum Gasteiger partial charge on any atom is 0.126 e. The van der Waals surface area contributed by atoms with Crippen LogP contribution in [-0.4, -0.2) is 13.1 Å². The number of benzene rings is 1. The number of aryl methyl sites for hydroxylation is 1. The molecule has 3 heteroatoms. The maximum absolute atomic E-state index is 13.7. The second-order valence-corrected chi connectivity index (χ2v) is 4.05. The summed E-state index contributed by atoms with van der Waals surface area (Å²) in [5, 5.41) is 0. The molecule has 0 heterocycles. The molecule has 84 valence electrons. The number of rotatable bonds is 4. The Morgan fingerprint density at radius 2 is 1.87 bits per heavy atom. The standard InChI is InChI=1S/C12H19FN2/c1-8-3-4-11(12(13)5-8)9(2)10(6-14)7-15/h3-5,9-10H,6-7,14-15H2,1-2H3. The van der Waals surface area contributed by atoms with Gasteiger partial charge >= 0.3 is 0 Å². The summed E-state index contributed by atoms with van der Waals surface area (Å²) < 4.78 is 13.7. The molecular weight excluding hydrogens is 191 g/mol. The van der Waals surface area contributed by atoms with Crippen LogP contribution >= 0.6 is 0 Å². The monoisotopic (exact) mass is 210 g/mol. The van der Waals surface area contributed by atoms with Crippen molar-refractivity contribution < 1.29 is 4.39 Å². The summed E-state index contributed by atoms with van der Waals surface area (Å²) >= 11 is 0. The van der Waals surface area contributed by atoms with Gasteiger partial charge < -0.3 is 11.5 Å². The Morgan fingerprint density at radius 1 is 1.27 bits per heavy atom. The Bertz CT molecular complexity index is 321. The third-order valence-corrected chi connectivity index (χ3v) is 2.96. The molecule has 2 nitrogen and oxygen atoms in total. The highest BCUT2D eigenvalue weighted by Gasteiger charge is 2.18. The molecule has 15 heavy (non-hydrogen) atoms. The molecule has 1 unspecified atom stereocenters. The molecule has 4 N–H and O–H groups in total. The van der Waals surface area contributed by atoms with Crippen LogP contribution in [0.1, 0.15) is 24.0 Å². The number of hydrogen-bond acceptors (Lipinski definition) is 2. The van der Waals surface area contributed by atoms with Gasteiger partial charge in [0.25, 0.3) is 0 Å². The normalized spacial score (nSPS) is 13.2. The van der Waals surface area contributed by atoms with Crippen LogP contribution < -0.4 is 11.5 Å². The van der Waals surface area contributed by atoms with Crippen LogP contribution in [0, 0.1) is 18.7 Å². The van der Waals surface area contributed by atoms with Crippen molar-refractivity contribution in [1.29, 1.82) is 0 Å². The highest BCUT2D eigenvalue weighted by atomic mass is 19.1. The zero-order chi connectivity index (χ0) is 11.4. The van der Waals surface area contributed by atoms with Crippen molar-refractivity contribution in [3.05, 3.63) is 35.1 Å². The number of halogens is 1. The lowest BCUT2D eigenvalue weighted by atomic mass is 9.87. The second-order valence-electron chi connectivity index (χ2n) is 4.05. The molecular formula is C12H19FN2. The SMILES string of the molecule is Cc1ccc(C(C)C(CN)CN)c(F)c1. The molecule has 0 aliphatic heterocycles. The number of hydrogen-bond donors (Lipinski definition) is 2. The Labute approximate surface area is 90.5 Å². The van der Waals surface area contributed by atoms with E-state index in [9.17, 15) is 4.39 Å². The molecule has 0 saturated heterocycles. The minimum absolute atomic E-state index is 0.0700. The van der Waals surface area contributed by atoms with Gasteiger partial charge in [-0.3, -0.25) is 0 Å². The second kappa shape index (κ2) is 5.24. The van der Waals surface area contributed by atoms with Gasteiger partial charge in [-0.25, -0.2) is 4.39 Å². The molecule has 1 rings (SSSR count). The summed E-state index contributed by atoms with van der Waals surface area (Å²) in [6.45, 7) is 4.83. The van der Waals surface area contributed by atoms with Crippen molar-refractivity contribution in [2.75, 3.05) is 13.1 Å². The van der Waals surface area contributed by atoms with Crippen molar-refractivity contribution in [1.82, 2.24) is 0 Å². The summed E-state index contributed by atoms with van der Waals surface area (Å²) in [4.78, 5) is 0. The summed E-state index contributed by atoms with van der Waals surface area (Å²) in [5.41, 5.74) is 12.8. The van der Waals surface area contributed by atoms with Gasteiger partial charge in [-0.2, -0.15) is 0 Å². The van der Waals surface area contributed by atoms with Crippen LogP contribution in [0.5, 0.6) is 0 Å². The zero-order valence-electron chi connectivity index (χ0n) is 9.33. The lowest BCUT2D eigenvalue weighted by Gasteiger charge is -2.21. The van der Waals surface area contributed by atoms with Crippen molar-refractivity contribution in [3.63, 3.8) is 0 Å². The van der Waals surface area contributed by atoms with E-state index in [1.54, 1.807) is 6.07 Å². The maximum atomic E-state index is 13.7. The minimum atomic E-state index is -0.158. The van der Waals surface area contributed by atoms with E-state index in [2.05, 4.69) is 0 Å². The Hall–Kier alpha value is -0.930. The molecule has 1 atom stereocenters. The average molecular weight is 210 g/mol. The van der Waals surface area contributed by atoms with E-state index in [1.165, 1.54) is 0 Å². The number of nitrogens with two attached hydrogens (primary N) is 2. The van der Waals surface area contributed by atoms with Crippen LogP contribution in [0.25, 0.3) is 0 Å². The highest BCUT2D eigenvalue weighted by molar-refractivity contribution is 5.26. The van der Waals surface area contributed by atoms with Crippen molar-refractivity contribution in [2.24, 2.45) is 17.4 Å². The van der Waals surface area contributed by atoms with Crippen molar-refractivity contribution >= 4 is 0 Å². The van der Waals surface area contributed by atoms with E-state index in [4.69, 9.17) is 11.5 Å². The van der Waals surface area contributed by atoms with E-state index < -0.39 is 0 Å². The van der Waals surface area contributed by atoms with Gasteiger partial charge in [0.15, 0.2) is 0 Å². The van der Waals surface area contributed by atoms with Crippen LogP contribution in [0.15, 0.2) is 18.2 Å². The fourth-order valence-corrected chi connectivity index (χ4v) is 1.76. The first-order chi connectivity index (χ1) is 7.10. The first kappa shape index (κ1) is 12.1. The van der Waals surface area contributed by atoms with Gasteiger partial charge in [0, 0.05) is 0 Å². The van der Waals surface area contributed by atoms with E-state index in [1.807, 2.05) is 26.0 Å². The van der Waals surface area contributed by atoms with Gasteiger partial charge in [-0.05, 0) is 49.0 Å². The molecule has 0 spiro atoms. The average Bonchev–Trinajstić information content (AvgIpc) is 2.19. The van der Waals surface area contributed by atoms with E-state index in [-0.39, 0.29) is 17.7 Å². The van der Waals surface area contributed by atoms with E-state index in [0.29, 0.717) is 18.7 Å². The molecule has 0 saturated carbocycles. The summed E-state index contributed by atoms with van der Waals surface area (Å²) in [6, 6.07) is 5.29. The molecule has 1 aromatic rings. The van der Waals surface area contributed by atoms with Gasteiger partial charge in [-0.1, -0.05) is 19.1 Å². The quantitative estimate of drug-likeness (QED) is 0.795. The van der Waals surface area contributed by atoms with E-state index in [0.717, 1.165) is 5.56 Å². The first-order valence-electron chi connectivity index (χ1n) is 5.26. The zero-order valence-corrected chi connectivity index (χ0v) is 9.33. The Morgan fingerprint density at radius 3 is 2.33 bits per heavy atom. The van der Waals surface area contributed by atoms with Gasteiger partial charge in [0.05, 0.1) is 0 Å². The predicted octanol–water partition coefficient (Wildman–Crippen LogP) is 1.77. The lowest BCUT2D eigenvalue weighted by molar-refractivity contribution is 0.449. The molecule has 0 fully saturated rings. The minimum Gasteiger partial charge on any atom is -0.330 e. The first-order valence-corrected chi connectivity index (χ1v) is 5.26. The molecule has 1 aromatic carbocycles. The van der Waals surface area contributed by atoms with Gasteiger partial charge in [0.2, 0.25) is 0 Å². The highest BCUT2D eigenvalue weighted by Crippen LogP contribution is 2.25. The van der Waals surface area contributed by atoms with Crippen molar-refractivity contribution in [3.8, 4) is 0 Å². The molecule has 0 bridgehead atoms. The van der Waals surface area contributed by atoms with Crippen LogP contribution in [-0.2, 0) is 0 Å². The molecule has 0 aliphatic carbocycles. The summed E-state index contributed by atoms with van der Waals surface area (Å²) in [5.74, 6) is 0.0530. The molecule has 0 amide bonds. The van der Waals surface area contributed by atoms with Crippen LogP contribution in [0.2, 0.25) is 0 Å². The van der Waals surface area contributed by atoms with Crippen molar-refractivity contribution in [2.45, 2.75) is 19.8 Å². The Kier molecular flexibility index (Phi) is 4.24. The largest absolute Gasteiger partial charge is 0.330 e. The lowest BCUT2D eigenvalue weighted by Crippen LogP contribution is -2.28. The smallest absolute Gasteiger partial charge is 0.126 e. The molecule has 0 radical (unpaired) electrons. The predicted molar refractivity (Wildman–Crippen MR) is 61.2 cm³/mol. The van der Waals surface area contributed by atoms with Gasteiger partial charge in [-0.15, -0.1) is 0 Å². The van der Waals surface area contributed by atoms with Crippen LogP contribution in [0.3, 0.4) is 0 Å². The van der Waals surface area contributed by atoms with Gasteiger partial charge in [0.1, 0.15) is 5.82 Å². The third kappa shape index (κ3) is 2.76.